The fraction of sp³-hybridized carbons (Fsp3) is 0.429. The number of pyridine rings is 1. The number of imidazole rings is 1. The molecule has 3 aromatic heterocycles. The Morgan fingerprint density at radius 1 is 1.31 bits per heavy atom. The van der Waals surface area contributed by atoms with Gasteiger partial charge in [0, 0.05) is 52.0 Å². The number of piperazine rings is 1. The molecule has 1 saturated heterocycles. The predicted molar refractivity (Wildman–Crippen MR) is 111 cm³/mol. The molecule has 0 spiro atoms. The maximum Gasteiger partial charge on any atom is 0.410 e. The van der Waals surface area contributed by atoms with Gasteiger partial charge in [0.05, 0.1) is 28.7 Å². The third kappa shape index (κ3) is 3.32. The number of halogens is 2. The minimum absolute atomic E-state index is 0.191. The van der Waals surface area contributed by atoms with Crippen molar-refractivity contribution in [1.82, 2.24) is 24.4 Å². The average Bonchev–Trinajstić information content (AvgIpc) is 3.39. The number of aryl methyl sites for hydroxylation is 1. The first-order valence-corrected chi connectivity index (χ1v) is 10.3. The van der Waals surface area contributed by atoms with Crippen molar-refractivity contribution in [3.8, 4) is 17.5 Å². The molecule has 0 unspecified atom stereocenters. The zero-order valence-corrected chi connectivity index (χ0v) is 17.4. The van der Waals surface area contributed by atoms with E-state index in [0.29, 0.717) is 54.2 Å². The van der Waals surface area contributed by atoms with Crippen LogP contribution in [-0.4, -0.2) is 68.7 Å². The molecule has 1 amide bonds. The Morgan fingerprint density at radius 2 is 2.09 bits per heavy atom. The SMILES string of the molecule is Cn1cnc(-c2[nH]c3nccc(N4CCN(C(=O)O[C@H]5CCC5(F)F)CC4)c3c2C#N)c1. The molecular weight excluding hydrogens is 420 g/mol. The summed E-state index contributed by atoms with van der Waals surface area (Å²) in [7, 11) is 1.85. The van der Waals surface area contributed by atoms with Crippen LogP contribution in [0, 0.1) is 11.3 Å². The molecule has 1 atom stereocenters. The molecule has 1 aliphatic heterocycles. The summed E-state index contributed by atoms with van der Waals surface area (Å²) in [6, 6.07) is 4.11. The highest BCUT2D eigenvalue weighted by Crippen LogP contribution is 2.40. The van der Waals surface area contributed by atoms with Crippen LogP contribution in [0.25, 0.3) is 22.4 Å². The Kier molecular flexibility index (Phi) is 4.73. The van der Waals surface area contributed by atoms with Crippen molar-refractivity contribution < 1.29 is 18.3 Å². The van der Waals surface area contributed by atoms with Gasteiger partial charge in [0.15, 0.2) is 6.10 Å². The van der Waals surface area contributed by atoms with E-state index in [1.54, 1.807) is 17.1 Å². The van der Waals surface area contributed by atoms with Gasteiger partial charge >= 0.3 is 6.09 Å². The lowest BCUT2D eigenvalue weighted by molar-refractivity contribution is -0.179. The number of nitrogens with one attached hydrogen (secondary N) is 1. The van der Waals surface area contributed by atoms with Gasteiger partial charge in [-0.15, -0.1) is 0 Å². The van der Waals surface area contributed by atoms with Gasteiger partial charge in [-0.25, -0.2) is 23.5 Å². The lowest BCUT2D eigenvalue weighted by atomic mass is 9.91. The van der Waals surface area contributed by atoms with Crippen molar-refractivity contribution in [3.05, 3.63) is 30.4 Å². The van der Waals surface area contributed by atoms with Crippen molar-refractivity contribution in [3.63, 3.8) is 0 Å². The highest BCUT2D eigenvalue weighted by molar-refractivity contribution is 5.99. The van der Waals surface area contributed by atoms with E-state index >= 15 is 0 Å². The topological polar surface area (TPSA) is 103 Å². The number of carbonyl (C=O) groups excluding carboxylic acids is 1. The van der Waals surface area contributed by atoms with Crippen molar-refractivity contribution >= 4 is 22.8 Å². The number of alkyl halides is 2. The zero-order chi connectivity index (χ0) is 22.5. The average molecular weight is 441 g/mol. The number of anilines is 1. The third-order valence-corrected chi connectivity index (χ3v) is 6.08. The Bertz CT molecular complexity index is 1220. The monoisotopic (exact) mass is 441 g/mol. The predicted octanol–water partition coefficient (Wildman–Crippen LogP) is 2.89. The van der Waals surface area contributed by atoms with Gasteiger partial charge in [0.25, 0.3) is 5.92 Å². The van der Waals surface area contributed by atoms with Crippen LogP contribution in [0.5, 0.6) is 0 Å². The number of hydrogen-bond donors (Lipinski definition) is 1. The van der Waals surface area contributed by atoms with E-state index in [-0.39, 0.29) is 12.8 Å². The first-order chi connectivity index (χ1) is 15.4. The van der Waals surface area contributed by atoms with Crippen LogP contribution in [0.1, 0.15) is 18.4 Å². The standard InChI is InChI=1S/C21H21F2N7O2/c1-28-11-14(26-12-28)18-13(10-24)17-15(3-5-25-19(17)27-18)29-6-8-30(9-7-29)20(31)32-16-2-4-21(16,22)23/h3,5,11-12,16H,2,4,6-9H2,1H3,(H,25,27)/t16-/m0/s1. The van der Waals surface area contributed by atoms with Crippen LogP contribution < -0.4 is 4.90 Å². The van der Waals surface area contributed by atoms with Gasteiger partial charge in [-0.1, -0.05) is 0 Å². The largest absolute Gasteiger partial charge is 0.440 e. The van der Waals surface area contributed by atoms with E-state index < -0.39 is 18.1 Å². The number of rotatable bonds is 3. The number of nitriles is 1. The summed E-state index contributed by atoms with van der Waals surface area (Å²) in [5, 5.41) is 10.6. The smallest absolute Gasteiger partial charge is 0.410 e. The summed E-state index contributed by atoms with van der Waals surface area (Å²) >= 11 is 0. The Balaban J connectivity index is 1.36. The number of aromatic amines is 1. The summed E-state index contributed by atoms with van der Waals surface area (Å²) < 4.78 is 33.6. The van der Waals surface area contributed by atoms with Crippen molar-refractivity contribution in [2.45, 2.75) is 24.9 Å². The Labute approximate surface area is 182 Å². The molecule has 5 rings (SSSR count). The Morgan fingerprint density at radius 3 is 2.69 bits per heavy atom. The zero-order valence-electron chi connectivity index (χ0n) is 17.4. The van der Waals surface area contributed by atoms with Crippen LogP contribution in [0.2, 0.25) is 0 Å². The lowest BCUT2D eigenvalue weighted by Crippen LogP contribution is -2.53. The number of aromatic nitrogens is 4. The van der Waals surface area contributed by atoms with E-state index in [4.69, 9.17) is 4.74 Å². The van der Waals surface area contributed by atoms with Crippen molar-refractivity contribution in [2.24, 2.45) is 7.05 Å². The summed E-state index contributed by atoms with van der Waals surface area (Å²) in [6.45, 7) is 1.62. The molecule has 1 aliphatic carbocycles. The normalized spacial score (nSPS) is 20.1. The molecule has 1 N–H and O–H groups in total. The number of fused-ring (bicyclic) bond motifs is 1. The fourth-order valence-electron chi connectivity index (χ4n) is 4.16. The second kappa shape index (κ2) is 7.47. The second-order valence-electron chi connectivity index (χ2n) is 8.11. The number of amides is 1. The van der Waals surface area contributed by atoms with Crippen LogP contribution in [-0.2, 0) is 11.8 Å². The number of nitrogens with zero attached hydrogens (tertiary/aromatic N) is 6. The third-order valence-electron chi connectivity index (χ3n) is 6.08. The quantitative estimate of drug-likeness (QED) is 0.671. The molecule has 3 aromatic rings. The number of ether oxygens (including phenoxy) is 1. The molecule has 0 radical (unpaired) electrons. The van der Waals surface area contributed by atoms with Gasteiger partial charge in [-0.05, 0) is 12.5 Å². The molecule has 2 aliphatic rings. The van der Waals surface area contributed by atoms with E-state index in [9.17, 15) is 18.8 Å². The van der Waals surface area contributed by atoms with Crippen LogP contribution >= 0.6 is 0 Å². The molecule has 1 saturated carbocycles. The van der Waals surface area contributed by atoms with E-state index in [0.717, 1.165) is 5.69 Å². The first-order valence-electron chi connectivity index (χ1n) is 10.3. The molecule has 0 aromatic carbocycles. The molecule has 0 bridgehead atoms. The van der Waals surface area contributed by atoms with Crippen LogP contribution in [0.4, 0.5) is 19.3 Å². The maximum absolute atomic E-state index is 13.4. The van der Waals surface area contributed by atoms with E-state index in [1.165, 1.54) is 4.90 Å². The summed E-state index contributed by atoms with van der Waals surface area (Å²) in [6.07, 6.45) is 3.07. The Hall–Kier alpha value is -3.68. The van der Waals surface area contributed by atoms with Gasteiger partial charge in [-0.3, -0.25) is 0 Å². The molecule has 9 nitrogen and oxygen atoms in total. The number of carbonyl (C=O) groups is 1. The fourth-order valence-corrected chi connectivity index (χ4v) is 4.16. The summed E-state index contributed by atoms with van der Waals surface area (Å²) in [5.74, 6) is -2.92. The number of hydrogen-bond acceptors (Lipinski definition) is 6. The van der Waals surface area contributed by atoms with E-state index in [2.05, 4.69) is 25.9 Å². The second-order valence-corrected chi connectivity index (χ2v) is 8.11. The molecule has 4 heterocycles. The highest BCUT2D eigenvalue weighted by Gasteiger charge is 2.51. The first kappa shape index (κ1) is 20.2. The minimum Gasteiger partial charge on any atom is -0.440 e. The lowest BCUT2D eigenvalue weighted by Gasteiger charge is -2.39. The maximum atomic E-state index is 13.4. The molecule has 11 heteroatoms. The van der Waals surface area contributed by atoms with Gasteiger partial charge < -0.3 is 24.1 Å². The number of H-pyrrole nitrogens is 1. The summed E-state index contributed by atoms with van der Waals surface area (Å²) in [4.78, 5) is 27.7. The van der Waals surface area contributed by atoms with E-state index in [1.807, 2.05) is 19.3 Å². The van der Waals surface area contributed by atoms with Crippen LogP contribution in [0.3, 0.4) is 0 Å². The molecule has 32 heavy (non-hydrogen) atoms. The van der Waals surface area contributed by atoms with Crippen molar-refractivity contribution in [2.75, 3.05) is 31.1 Å². The van der Waals surface area contributed by atoms with Gasteiger partial charge in [0.2, 0.25) is 0 Å². The van der Waals surface area contributed by atoms with Crippen LogP contribution in [0.15, 0.2) is 24.8 Å². The van der Waals surface area contributed by atoms with Crippen molar-refractivity contribution in [1.29, 1.82) is 5.26 Å². The molecule has 166 valence electrons. The minimum atomic E-state index is -2.92. The van der Waals surface area contributed by atoms with Gasteiger partial charge in [-0.2, -0.15) is 5.26 Å². The van der Waals surface area contributed by atoms with Gasteiger partial charge in [0.1, 0.15) is 17.4 Å². The summed E-state index contributed by atoms with van der Waals surface area (Å²) in [5.41, 5.74) is 3.10. The molecular formula is C21H21F2N7O2. The molecule has 2 fully saturated rings. The highest BCUT2D eigenvalue weighted by atomic mass is 19.3.